The van der Waals surface area contributed by atoms with Crippen LogP contribution in [0.1, 0.15) is 24.5 Å². The first-order valence-corrected chi connectivity index (χ1v) is 6.14. The molecule has 0 aromatic heterocycles. The molecule has 1 N–H and O–H groups in total. The average molecular weight is 270 g/mol. The topological polar surface area (TPSA) is 57.2 Å². The first kappa shape index (κ1) is 15.6. The molecule has 0 spiro atoms. The van der Waals surface area contributed by atoms with Crippen LogP contribution in [-0.4, -0.2) is 40.2 Å². The van der Waals surface area contributed by atoms with Crippen molar-refractivity contribution in [3.05, 3.63) is 17.7 Å². The summed E-state index contributed by atoms with van der Waals surface area (Å²) in [6.07, 6.45) is 0.824. The SMILES string of the molecule is COCCCC(O)c1cc(OC)c(OC)c(OC)c1. The second-order valence-corrected chi connectivity index (χ2v) is 4.11. The molecule has 1 unspecified atom stereocenters. The van der Waals surface area contributed by atoms with Gasteiger partial charge in [-0.25, -0.2) is 0 Å². The third-order valence-corrected chi connectivity index (χ3v) is 2.90. The maximum atomic E-state index is 10.1. The monoisotopic (exact) mass is 270 g/mol. The third-order valence-electron chi connectivity index (χ3n) is 2.90. The summed E-state index contributed by atoms with van der Waals surface area (Å²) in [6, 6.07) is 3.53. The summed E-state index contributed by atoms with van der Waals surface area (Å²) in [7, 11) is 6.30. The molecule has 108 valence electrons. The van der Waals surface area contributed by atoms with E-state index >= 15 is 0 Å². The Balaban J connectivity index is 2.95. The van der Waals surface area contributed by atoms with Crippen LogP contribution >= 0.6 is 0 Å². The van der Waals surface area contributed by atoms with E-state index in [4.69, 9.17) is 18.9 Å². The fourth-order valence-electron chi connectivity index (χ4n) is 1.88. The van der Waals surface area contributed by atoms with E-state index in [0.29, 0.717) is 30.3 Å². The molecule has 1 aromatic carbocycles. The van der Waals surface area contributed by atoms with E-state index in [1.807, 2.05) is 0 Å². The Bertz CT molecular complexity index is 366. The van der Waals surface area contributed by atoms with Gasteiger partial charge in [0.15, 0.2) is 11.5 Å². The van der Waals surface area contributed by atoms with E-state index in [1.165, 1.54) is 0 Å². The van der Waals surface area contributed by atoms with Gasteiger partial charge in [0.2, 0.25) is 5.75 Å². The molecule has 0 aliphatic heterocycles. The van der Waals surface area contributed by atoms with Gasteiger partial charge in [0.05, 0.1) is 27.4 Å². The number of ether oxygens (including phenoxy) is 4. The van der Waals surface area contributed by atoms with Gasteiger partial charge in [0.25, 0.3) is 0 Å². The molecular formula is C14H22O5. The van der Waals surface area contributed by atoms with E-state index in [1.54, 1.807) is 40.6 Å². The van der Waals surface area contributed by atoms with Crippen molar-refractivity contribution >= 4 is 0 Å². The van der Waals surface area contributed by atoms with Crippen molar-refractivity contribution in [3.63, 3.8) is 0 Å². The van der Waals surface area contributed by atoms with Crippen LogP contribution in [0.2, 0.25) is 0 Å². The Morgan fingerprint density at radius 1 is 1.00 bits per heavy atom. The smallest absolute Gasteiger partial charge is 0.203 e. The molecule has 5 heteroatoms. The number of hydrogen-bond acceptors (Lipinski definition) is 5. The van der Waals surface area contributed by atoms with Gasteiger partial charge in [-0.2, -0.15) is 0 Å². The number of aliphatic hydroxyl groups is 1. The van der Waals surface area contributed by atoms with Crippen molar-refractivity contribution in [2.45, 2.75) is 18.9 Å². The molecule has 0 saturated heterocycles. The van der Waals surface area contributed by atoms with Crippen molar-refractivity contribution < 1.29 is 24.1 Å². The molecule has 0 radical (unpaired) electrons. The van der Waals surface area contributed by atoms with Gasteiger partial charge in [0, 0.05) is 13.7 Å². The molecule has 0 aliphatic rings. The second-order valence-electron chi connectivity index (χ2n) is 4.11. The maximum absolute atomic E-state index is 10.1. The number of rotatable bonds is 8. The predicted molar refractivity (Wildman–Crippen MR) is 72.2 cm³/mol. The van der Waals surface area contributed by atoms with Crippen LogP contribution in [0.5, 0.6) is 17.2 Å². The van der Waals surface area contributed by atoms with Gasteiger partial charge in [-0.1, -0.05) is 0 Å². The zero-order valence-electron chi connectivity index (χ0n) is 11.9. The summed E-state index contributed by atoms with van der Waals surface area (Å²) in [5.41, 5.74) is 0.741. The lowest BCUT2D eigenvalue weighted by Crippen LogP contribution is -2.03. The summed E-state index contributed by atoms with van der Waals surface area (Å²) in [5.74, 6) is 1.61. The van der Waals surface area contributed by atoms with Crippen molar-refractivity contribution in [2.75, 3.05) is 35.0 Å². The van der Waals surface area contributed by atoms with Crippen LogP contribution in [0.25, 0.3) is 0 Å². The molecule has 5 nitrogen and oxygen atoms in total. The highest BCUT2D eigenvalue weighted by Gasteiger charge is 2.17. The molecule has 1 atom stereocenters. The Hall–Kier alpha value is -1.46. The third kappa shape index (κ3) is 4.01. The maximum Gasteiger partial charge on any atom is 0.203 e. The van der Waals surface area contributed by atoms with E-state index in [-0.39, 0.29) is 0 Å². The van der Waals surface area contributed by atoms with Crippen molar-refractivity contribution in [3.8, 4) is 17.2 Å². The van der Waals surface area contributed by atoms with Gasteiger partial charge in [-0.3, -0.25) is 0 Å². The molecule has 19 heavy (non-hydrogen) atoms. The number of benzene rings is 1. The Kier molecular flexibility index (Phi) is 6.45. The van der Waals surface area contributed by atoms with Gasteiger partial charge in [0.1, 0.15) is 0 Å². The molecule has 0 bridgehead atoms. The highest BCUT2D eigenvalue weighted by atomic mass is 16.5. The largest absolute Gasteiger partial charge is 0.493 e. The minimum Gasteiger partial charge on any atom is -0.493 e. The summed E-state index contributed by atoms with van der Waals surface area (Å²) in [4.78, 5) is 0. The normalized spacial score (nSPS) is 12.1. The van der Waals surface area contributed by atoms with E-state index in [0.717, 1.165) is 12.0 Å². The fourth-order valence-corrected chi connectivity index (χ4v) is 1.88. The Morgan fingerprint density at radius 3 is 2.00 bits per heavy atom. The Labute approximate surface area is 114 Å². The first-order valence-electron chi connectivity index (χ1n) is 6.14. The standard InChI is InChI=1S/C14H22O5/c1-16-7-5-6-11(15)10-8-12(17-2)14(19-4)13(9-10)18-3/h8-9,11,15H,5-7H2,1-4H3. The van der Waals surface area contributed by atoms with Crippen LogP contribution in [0, 0.1) is 0 Å². The Morgan fingerprint density at radius 2 is 1.58 bits per heavy atom. The summed E-state index contributed by atoms with van der Waals surface area (Å²) in [6.45, 7) is 0.626. The van der Waals surface area contributed by atoms with Crippen LogP contribution < -0.4 is 14.2 Å². The lowest BCUT2D eigenvalue weighted by atomic mass is 10.0. The first-order chi connectivity index (χ1) is 9.17. The molecular weight excluding hydrogens is 248 g/mol. The molecule has 0 aliphatic carbocycles. The van der Waals surface area contributed by atoms with E-state index in [9.17, 15) is 5.11 Å². The van der Waals surface area contributed by atoms with Crippen molar-refractivity contribution in [1.29, 1.82) is 0 Å². The second kappa shape index (κ2) is 7.86. The highest BCUT2D eigenvalue weighted by molar-refractivity contribution is 5.54. The molecule has 0 saturated carbocycles. The van der Waals surface area contributed by atoms with Gasteiger partial charge in [-0.05, 0) is 30.5 Å². The molecule has 1 aromatic rings. The summed E-state index contributed by atoms with van der Waals surface area (Å²) >= 11 is 0. The van der Waals surface area contributed by atoms with Crippen molar-refractivity contribution in [1.82, 2.24) is 0 Å². The molecule has 0 fully saturated rings. The lowest BCUT2D eigenvalue weighted by molar-refractivity contribution is 0.135. The zero-order valence-corrected chi connectivity index (χ0v) is 11.9. The number of methoxy groups -OCH3 is 4. The van der Waals surface area contributed by atoms with Crippen LogP contribution in [0.15, 0.2) is 12.1 Å². The molecule has 0 amide bonds. The highest BCUT2D eigenvalue weighted by Crippen LogP contribution is 2.40. The van der Waals surface area contributed by atoms with Gasteiger partial charge >= 0.3 is 0 Å². The van der Waals surface area contributed by atoms with Gasteiger partial charge in [-0.15, -0.1) is 0 Å². The van der Waals surface area contributed by atoms with Crippen LogP contribution in [-0.2, 0) is 4.74 Å². The van der Waals surface area contributed by atoms with Crippen LogP contribution in [0.4, 0.5) is 0 Å². The van der Waals surface area contributed by atoms with Crippen LogP contribution in [0.3, 0.4) is 0 Å². The van der Waals surface area contributed by atoms with Gasteiger partial charge < -0.3 is 24.1 Å². The molecule has 0 heterocycles. The zero-order chi connectivity index (χ0) is 14.3. The summed E-state index contributed by atoms with van der Waals surface area (Å²) in [5, 5.41) is 10.1. The molecule has 1 rings (SSSR count). The van der Waals surface area contributed by atoms with Crippen molar-refractivity contribution in [2.24, 2.45) is 0 Å². The van der Waals surface area contributed by atoms with E-state index < -0.39 is 6.10 Å². The predicted octanol–water partition coefficient (Wildman–Crippen LogP) is 2.17. The average Bonchev–Trinajstić information content (AvgIpc) is 2.45. The summed E-state index contributed by atoms with van der Waals surface area (Å²) < 4.78 is 20.7. The fraction of sp³-hybridized carbons (Fsp3) is 0.571. The minimum absolute atomic E-state index is 0.526. The lowest BCUT2D eigenvalue weighted by Gasteiger charge is -2.17. The minimum atomic E-state index is -0.580. The van der Waals surface area contributed by atoms with E-state index in [2.05, 4.69) is 0 Å². The number of aliphatic hydroxyl groups excluding tert-OH is 1. The quantitative estimate of drug-likeness (QED) is 0.734. The number of hydrogen-bond donors (Lipinski definition) is 1.